The average Bonchev–Trinajstić information content (AvgIpc) is 3.02. The third kappa shape index (κ3) is 2.54. The molecular weight excluding hydrogens is 338 g/mol. The number of nitrogens with one attached hydrogen (secondary N) is 1. The fourth-order valence-electron chi connectivity index (χ4n) is 2.46. The zero-order valence-electron chi connectivity index (χ0n) is 11.4. The van der Waals surface area contributed by atoms with Crippen molar-refractivity contribution in [1.82, 2.24) is 9.55 Å². The molecule has 0 aromatic carbocycles. The summed E-state index contributed by atoms with van der Waals surface area (Å²) in [5, 5.41) is 3.64. The number of anilines is 1. The predicted molar refractivity (Wildman–Crippen MR) is 84.6 cm³/mol. The Hall–Kier alpha value is -1.14. The summed E-state index contributed by atoms with van der Waals surface area (Å²) >= 11 is 5.03. The Balaban J connectivity index is 1.82. The minimum absolute atomic E-state index is 0.100. The van der Waals surface area contributed by atoms with E-state index in [1.165, 1.54) is 11.3 Å². The summed E-state index contributed by atoms with van der Waals surface area (Å²) in [6.45, 7) is 4.11. The van der Waals surface area contributed by atoms with Gasteiger partial charge in [0.15, 0.2) is 5.13 Å². The first-order chi connectivity index (χ1) is 9.54. The lowest BCUT2D eigenvalue weighted by molar-refractivity contribution is 0.101. The van der Waals surface area contributed by atoms with Gasteiger partial charge in [-0.3, -0.25) is 10.1 Å². The van der Waals surface area contributed by atoms with Gasteiger partial charge in [-0.25, -0.2) is 4.98 Å². The first-order valence-electron chi connectivity index (χ1n) is 6.72. The van der Waals surface area contributed by atoms with Gasteiger partial charge in [-0.2, -0.15) is 0 Å². The SMILES string of the molecule is CC(C)n1cc(Br)cc1C(=O)Nc1nc2c(s1)CCC2. The molecule has 4 nitrogen and oxygen atoms in total. The highest BCUT2D eigenvalue weighted by atomic mass is 79.9. The van der Waals surface area contributed by atoms with E-state index < -0.39 is 0 Å². The number of hydrogen-bond donors (Lipinski definition) is 1. The van der Waals surface area contributed by atoms with E-state index in [1.807, 2.05) is 16.8 Å². The topological polar surface area (TPSA) is 46.9 Å². The molecular formula is C14H16BrN3OS. The van der Waals surface area contributed by atoms with E-state index in [0.717, 1.165) is 23.0 Å². The molecule has 0 saturated heterocycles. The Kier molecular flexibility index (Phi) is 3.69. The monoisotopic (exact) mass is 353 g/mol. The fraction of sp³-hybridized carbons (Fsp3) is 0.429. The minimum atomic E-state index is -0.100. The molecule has 2 aromatic heterocycles. The highest BCUT2D eigenvalue weighted by Gasteiger charge is 2.20. The molecule has 0 atom stereocenters. The van der Waals surface area contributed by atoms with Crippen molar-refractivity contribution in [3.8, 4) is 0 Å². The number of amides is 1. The summed E-state index contributed by atoms with van der Waals surface area (Å²) in [5.41, 5.74) is 1.81. The van der Waals surface area contributed by atoms with E-state index in [2.05, 4.69) is 40.1 Å². The van der Waals surface area contributed by atoms with Crippen LogP contribution in [0, 0.1) is 0 Å². The average molecular weight is 354 g/mol. The van der Waals surface area contributed by atoms with Gasteiger partial charge in [0.25, 0.3) is 5.91 Å². The third-order valence-electron chi connectivity index (χ3n) is 3.42. The standard InChI is InChI=1S/C14H16BrN3OS/c1-8(2)18-7-9(15)6-11(18)13(19)17-14-16-10-4-3-5-12(10)20-14/h6-8H,3-5H2,1-2H3,(H,16,17,19). The zero-order chi connectivity index (χ0) is 14.3. The summed E-state index contributed by atoms with van der Waals surface area (Å²) in [5.74, 6) is -0.100. The summed E-state index contributed by atoms with van der Waals surface area (Å²) < 4.78 is 2.87. The van der Waals surface area contributed by atoms with Gasteiger partial charge in [0.2, 0.25) is 0 Å². The van der Waals surface area contributed by atoms with Crippen LogP contribution >= 0.6 is 27.3 Å². The van der Waals surface area contributed by atoms with Crippen LogP contribution in [0.2, 0.25) is 0 Å². The number of rotatable bonds is 3. The van der Waals surface area contributed by atoms with Crippen LogP contribution in [0.5, 0.6) is 0 Å². The van der Waals surface area contributed by atoms with E-state index in [-0.39, 0.29) is 11.9 Å². The summed E-state index contributed by atoms with van der Waals surface area (Å²) in [7, 11) is 0. The molecule has 0 spiro atoms. The number of aryl methyl sites for hydroxylation is 2. The zero-order valence-corrected chi connectivity index (χ0v) is 13.8. The van der Waals surface area contributed by atoms with Crippen LogP contribution in [0.15, 0.2) is 16.7 Å². The van der Waals surface area contributed by atoms with Crippen molar-refractivity contribution in [2.75, 3.05) is 5.32 Å². The van der Waals surface area contributed by atoms with Crippen molar-refractivity contribution in [3.63, 3.8) is 0 Å². The van der Waals surface area contributed by atoms with Crippen LogP contribution in [0.25, 0.3) is 0 Å². The normalized spacial score (nSPS) is 13.8. The van der Waals surface area contributed by atoms with Crippen LogP contribution in [0.4, 0.5) is 5.13 Å². The van der Waals surface area contributed by atoms with E-state index in [9.17, 15) is 4.79 Å². The molecule has 1 N–H and O–H groups in total. The van der Waals surface area contributed by atoms with Crippen LogP contribution in [-0.2, 0) is 12.8 Å². The van der Waals surface area contributed by atoms with Gasteiger partial charge in [0.05, 0.1) is 5.69 Å². The molecule has 20 heavy (non-hydrogen) atoms. The van der Waals surface area contributed by atoms with E-state index in [1.54, 1.807) is 11.3 Å². The van der Waals surface area contributed by atoms with Gasteiger partial charge in [-0.05, 0) is 55.1 Å². The van der Waals surface area contributed by atoms with Gasteiger partial charge >= 0.3 is 0 Å². The molecule has 0 aliphatic heterocycles. The minimum Gasteiger partial charge on any atom is -0.340 e. The lowest BCUT2D eigenvalue weighted by Crippen LogP contribution is -2.17. The largest absolute Gasteiger partial charge is 0.340 e. The van der Waals surface area contributed by atoms with Crippen molar-refractivity contribution in [2.24, 2.45) is 0 Å². The molecule has 1 aliphatic rings. The number of carbonyl (C=O) groups is 1. The first kappa shape index (κ1) is 13.8. The van der Waals surface area contributed by atoms with Crippen molar-refractivity contribution in [3.05, 3.63) is 33.0 Å². The number of hydrogen-bond acceptors (Lipinski definition) is 3. The Morgan fingerprint density at radius 1 is 1.50 bits per heavy atom. The van der Waals surface area contributed by atoms with Crippen molar-refractivity contribution in [1.29, 1.82) is 0 Å². The summed E-state index contributed by atoms with van der Waals surface area (Å²) in [4.78, 5) is 18.2. The Morgan fingerprint density at radius 2 is 2.30 bits per heavy atom. The molecule has 3 rings (SSSR count). The van der Waals surface area contributed by atoms with Gasteiger partial charge in [-0.1, -0.05) is 0 Å². The molecule has 1 amide bonds. The summed E-state index contributed by atoms with van der Waals surface area (Å²) in [6, 6.07) is 2.08. The molecule has 0 radical (unpaired) electrons. The van der Waals surface area contributed by atoms with Gasteiger partial charge < -0.3 is 4.57 Å². The maximum atomic E-state index is 12.4. The van der Waals surface area contributed by atoms with E-state index in [4.69, 9.17) is 0 Å². The first-order valence-corrected chi connectivity index (χ1v) is 8.33. The molecule has 1 aliphatic carbocycles. The number of carbonyl (C=O) groups excluding carboxylic acids is 1. The Morgan fingerprint density at radius 3 is 3.00 bits per heavy atom. The van der Waals surface area contributed by atoms with Gasteiger partial charge in [0, 0.05) is 21.6 Å². The molecule has 0 bridgehead atoms. The van der Waals surface area contributed by atoms with Crippen molar-refractivity contribution >= 4 is 38.3 Å². The van der Waals surface area contributed by atoms with Crippen LogP contribution in [0.1, 0.15) is 47.4 Å². The smallest absolute Gasteiger partial charge is 0.274 e. The number of nitrogens with zero attached hydrogens (tertiary/aromatic N) is 2. The van der Waals surface area contributed by atoms with Crippen LogP contribution < -0.4 is 5.32 Å². The predicted octanol–water partition coefficient (Wildman–Crippen LogP) is 4.03. The molecule has 0 saturated carbocycles. The fourth-order valence-corrected chi connectivity index (χ4v) is 3.94. The van der Waals surface area contributed by atoms with Gasteiger partial charge in [0.1, 0.15) is 5.69 Å². The lowest BCUT2D eigenvalue weighted by atomic mass is 10.3. The lowest BCUT2D eigenvalue weighted by Gasteiger charge is -2.11. The maximum Gasteiger partial charge on any atom is 0.274 e. The molecule has 0 unspecified atom stereocenters. The quantitative estimate of drug-likeness (QED) is 0.905. The van der Waals surface area contributed by atoms with Crippen LogP contribution in [0.3, 0.4) is 0 Å². The summed E-state index contributed by atoms with van der Waals surface area (Å²) in [6.07, 6.45) is 5.25. The highest BCUT2D eigenvalue weighted by molar-refractivity contribution is 9.10. The second-order valence-corrected chi connectivity index (χ2v) is 7.24. The number of halogens is 1. The molecule has 106 valence electrons. The Labute approximate surface area is 130 Å². The second-order valence-electron chi connectivity index (χ2n) is 5.24. The Bertz CT molecular complexity index is 638. The number of thiazole rings is 1. The van der Waals surface area contributed by atoms with Crippen molar-refractivity contribution in [2.45, 2.75) is 39.2 Å². The molecule has 0 fully saturated rings. The second kappa shape index (κ2) is 5.33. The molecule has 2 aromatic rings. The molecule has 6 heteroatoms. The number of fused-ring (bicyclic) bond motifs is 1. The maximum absolute atomic E-state index is 12.4. The molecule has 2 heterocycles. The van der Waals surface area contributed by atoms with E-state index in [0.29, 0.717) is 10.8 Å². The van der Waals surface area contributed by atoms with Crippen molar-refractivity contribution < 1.29 is 4.79 Å². The number of aromatic nitrogens is 2. The van der Waals surface area contributed by atoms with Crippen LogP contribution in [-0.4, -0.2) is 15.5 Å². The third-order valence-corrected chi connectivity index (χ3v) is 4.93. The highest BCUT2D eigenvalue weighted by Crippen LogP contribution is 2.31. The van der Waals surface area contributed by atoms with Gasteiger partial charge in [-0.15, -0.1) is 11.3 Å². The van der Waals surface area contributed by atoms with E-state index >= 15 is 0 Å².